The Bertz CT molecular complexity index is 1130. The third kappa shape index (κ3) is 3.66. The van der Waals surface area contributed by atoms with Crippen molar-refractivity contribution in [3.63, 3.8) is 0 Å². The number of Topliss-reactive ketones (excluding diaryl/α,β-unsaturated/α-hetero) is 1. The van der Waals surface area contributed by atoms with Gasteiger partial charge in [0, 0.05) is 25.7 Å². The van der Waals surface area contributed by atoms with E-state index in [1.807, 2.05) is 20.8 Å². The molecule has 3 heterocycles. The van der Waals surface area contributed by atoms with E-state index in [1.54, 1.807) is 18.3 Å². The van der Waals surface area contributed by atoms with Gasteiger partial charge < -0.3 is 4.98 Å². The molecule has 0 atom stereocenters. The minimum atomic E-state index is -0.447. The Balaban J connectivity index is 2.18. The molecule has 1 N–H and O–H groups in total. The molecule has 0 aromatic carbocycles. The summed E-state index contributed by atoms with van der Waals surface area (Å²) >= 11 is 1.19. The summed E-state index contributed by atoms with van der Waals surface area (Å²) in [5.41, 5.74) is -0.00198. The standard InChI is InChI=1S/C19H23N5O3S/c1-5-9-24-16-14(18(26)23(4)19(24)27)17(22-15(21-16)11(2)3)28-10-13(25)12-7-6-8-20-12/h6-8,11,20H,5,9-10H2,1-4H3. The number of rotatable bonds is 7. The number of fused-ring (bicyclic) bond motifs is 1. The SMILES string of the molecule is CCCn1c(=O)n(C)c(=O)c2c(SCC(=O)c3ccc[nH]3)nc(C(C)C)nc21. The van der Waals surface area contributed by atoms with Crippen LogP contribution in [-0.4, -0.2) is 35.6 Å². The number of ketones is 1. The van der Waals surface area contributed by atoms with Crippen molar-refractivity contribution in [1.29, 1.82) is 0 Å². The van der Waals surface area contributed by atoms with Gasteiger partial charge >= 0.3 is 5.69 Å². The fourth-order valence-corrected chi connectivity index (χ4v) is 3.76. The summed E-state index contributed by atoms with van der Waals surface area (Å²) in [7, 11) is 1.45. The number of hydrogen-bond acceptors (Lipinski definition) is 6. The first-order valence-electron chi connectivity index (χ1n) is 9.16. The van der Waals surface area contributed by atoms with Crippen LogP contribution in [0, 0.1) is 0 Å². The molecule has 9 heteroatoms. The van der Waals surface area contributed by atoms with Crippen LogP contribution in [-0.2, 0) is 13.6 Å². The van der Waals surface area contributed by atoms with Crippen molar-refractivity contribution in [3.8, 4) is 0 Å². The van der Waals surface area contributed by atoms with E-state index in [2.05, 4.69) is 15.0 Å². The highest BCUT2D eigenvalue weighted by Crippen LogP contribution is 2.25. The third-order valence-electron chi connectivity index (χ3n) is 4.37. The summed E-state index contributed by atoms with van der Waals surface area (Å²) in [6, 6.07) is 3.46. The molecule has 148 valence electrons. The van der Waals surface area contributed by atoms with E-state index in [9.17, 15) is 14.4 Å². The second kappa shape index (κ2) is 8.14. The zero-order valence-electron chi connectivity index (χ0n) is 16.4. The predicted molar refractivity (Wildman–Crippen MR) is 109 cm³/mol. The van der Waals surface area contributed by atoms with Crippen molar-refractivity contribution in [2.75, 3.05) is 5.75 Å². The van der Waals surface area contributed by atoms with E-state index in [4.69, 9.17) is 0 Å². The maximum Gasteiger partial charge on any atom is 0.332 e. The van der Waals surface area contributed by atoms with E-state index >= 15 is 0 Å². The number of nitrogens with zero attached hydrogens (tertiary/aromatic N) is 4. The Hall–Kier alpha value is -2.68. The average molecular weight is 401 g/mol. The first kappa shape index (κ1) is 20.1. The van der Waals surface area contributed by atoms with Gasteiger partial charge in [0.05, 0.1) is 11.4 Å². The van der Waals surface area contributed by atoms with E-state index in [0.717, 1.165) is 11.0 Å². The number of nitrogens with one attached hydrogen (secondary N) is 1. The lowest BCUT2D eigenvalue weighted by Gasteiger charge is -2.14. The number of aromatic amines is 1. The molecular weight excluding hydrogens is 378 g/mol. The Labute approximate surface area is 166 Å². The topological polar surface area (TPSA) is 103 Å². The lowest BCUT2D eigenvalue weighted by molar-refractivity contribution is 0.101. The zero-order chi connectivity index (χ0) is 20.4. The van der Waals surface area contributed by atoms with E-state index < -0.39 is 11.2 Å². The highest BCUT2D eigenvalue weighted by molar-refractivity contribution is 8.00. The van der Waals surface area contributed by atoms with Crippen LogP contribution in [0.2, 0.25) is 0 Å². The third-order valence-corrected chi connectivity index (χ3v) is 5.34. The molecule has 28 heavy (non-hydrogen) atoms. The van der Waals surface area contributed by atoms with Gasteiger partial charge in [0.2, 0.25) is 0 Å². The predicted octanol–water partition coefficient (Wildman–Crippen LogP) is 2.33. The summed E-state index contributed by atoms with van der Waals surface area (Å²) in [4.78, 5) is 49.8. The number of hydrogen-bond donors (Lipinski definition) is 1. The molecule has 0 aliphatic heterocycles. The second-order valence-corrected chi connectivity index (χ2v) is 7.80. The summed E-state index contributed by atoms with van der Waals surface area (Å²) in [5.74, 6) is 0.587. The fourth-order valence-electron chi connectivity index (χ4n) is 2.86. The first-order valence-corrected chi connectivity index (χ1v) is 10.1. The molecule has 0 unspecified atom stereocenters. The minimum Gasteiger partial charge on any atom is -0.359 e. The van der Waals surface area contributed by atoms with Crippen molar-refractivity contribution in [2.45, 2.75) is 44.7 Å². The van der Waals surface area contributed by atoms with Gasteiger partial charge in [0.1, 0.15) is 16.2 Å². The number of thioether (sulfide) groups is 1. The van der Waals surface area contributed by atoms with Crippen LogP contribution in [0.3, 0.4) is 0 Å². The Morgan fingerprint density at radius 3 is 2.64 bits per heavy atom. The zero-order valence-corrected chi connectivity index (χ0v) is 17.2. The smallest absolute Gasteiger partial charge is 0.332 e. The number of aryl methyl sites for hydroxylation is 1. The molecule has 3 rings (SSSR count). The molecule has 0 fully saturated rings. The summed E-state index contributed by atoms with van der Waals surface area (Å²) in [6.45, 7) is 6.30. The number of carbonyl (C=O) groups excluding carboxylic acids is 1. The van der Waals surface area contributed by atoms with E-state index in [0.29, 0.717) is 28.7 Å². The van der Waals surface area contributed by atoms with Crippen LogP contribution in [0.25, 0.3) is 11.0 Å². The lowest BCUT2D eigenvalue weighted by atomic mass is 10.2. The van der Waals surface area contributed by atoms with Gasteiger partial charge in [-0.15, -0.1) is 0 Å². The minimum absolute atomic E-state index is 0.0112. The van der Waals surface area contributed by atoms with Crippen LogP contribution >= 0.6 is 11.8 Å². The molecule has 0 radical (unpaired) electrons. The molecule has 0 spiro atoms. The summed E-state index contributed by atoms with van der Waals surface area (Å²) in [5, 5.41) is 0.711. The Kier molecular flexibility index (Phi) is 5.83. The summed E-state index contributed by atoms with van der Waals surface area (Å²) in [6.07, 6.45) is 2.41. The molecule has 3 aromatic heterocycles. The normalized spacial score (nSPS) is 11.5. The molecule has 0 bridgehead atoms. The monoisotopic (exact) mass is 401 g/mol. The van der Waals surface area contributed by atoms with Crippen molar-refractivity contribution >= 4 is 28.6 Å². The maximum atomic E-state index is 12.8. The highest BCUT2D eigenvalue weighted by atomic mass is 32.2. The highest BCUT2D eigenvalue weighted by Gasteiger charge is 2.20. The molecule has 0 saturated carbocycles. The van der Waals surface area contributed by atoms with E-state index in [1.165, 1.54) is 23.4 Å². The van der Waals surface area contributed by atoms with Crippen LogP contribution in [0.1, 0.15) is 49.4 Å². The molecule has 0 aliphatic rings. The number of H-pyrrole nitrogens is 1. The number of carbonyl (C=O) groups is 1. The molecular formula is C19H23N5O3S. The quantitative estimate of drug-likeness (QED) is 0.370. The van der Waals surface area contributed by atoms with Crippen LogP contribution in [0.15, 0.2) is 32.9 Å². The van der Waals surface area contributed by atoms with Gasteiger partial charge in [-0.3, -0.25) is 18.7 Å². The Morgan fingerprint density at radius 2 is 2.04 bits per heavy atom. The van der Waals surface area contributed by atoms with Gasteiger partial charge in [0.25, 0.3) is 5.56 Å². The molecule has 0 aliphatic carbocycles. The first-order chi connectivity index (χ1) is 13.3. The van der Waals surface area contributed by atoms with Gasteiger partial charge in [-0.25, -0.2) is 14.8 Å². The van der Waals surface area contributed by atoms with Crippen LogP contribution < -0.4 is 11.2 Å². The largest absolute Gasteiger partial charge is 0.359 e. The molecule has 0 amide bonds. The average Bonchev–Trinajstić information content (AvgIpc) is 3.21. The van der Waals surface area contributed by atoms with Gasteiger partial charge in [-0.1, -0.05) is 32.5 Å². The van der Waals surface area contributed by atoms with Gasteiger partial charge in [-0.2, -0.15) is 0 Å². The Morgan fingerprint density at radius 1 is 1.29 bits per heavy atom. The van der Waals surface area contributed by atoms with Crippen molar-refractivity contribution in [1.82, 2.24) is 24.1 Å². The van der Waals surface area contributed by atoms with Crippen molar-refractivity contribution < 1.29 is 4.79 Å². The van der Waals surface area contributed by atoms with Gasteiger partial charge in [0.15, 0.2) is 11.4 Å². The molecule has 0 saturated heterocycles. The lowest BCUT2D eigenvalue weighted by Crippen LogP contribution is -2.39. The van der Waals surface area contributed by atoms with E-state index in [-0.39, 0.29) is 22.8 Å². The fraction of sp³-hybridized carbons (Fsp3) is 0.421. The molecule has 8 nitrogen and oxygen atoms in total. The molecule has 3 aromatic rings. The summed E-state index contributed by atoms with van der Waals surface area (Å²) < 4.78 is 2.59. The second-order valence-electron chi connectivity index (χ2n) is 6.83. The maximum absolute atomic E-state index is 12.8. The van der Waals surface area contributed by atoms with Crippen molar-refractivity contribution in [2.24, 2.45) is 7.05 Å². The number of aromatic nitrogens is 5. The van der Waals surface area contributed by atoms with Crippen molar-refractivity contribution in [3.05, 3.63) is 50.7 Å². The van der Waals surface area contributed by atoms with Crippen LogP contribution in [0.4, 0.5) is 0 Å². The van der Waals surface area contributed by atoms with Gasteiger partial charge in [-0.05, 0) is 18.6 Å². The van der Waals surface area contributed by atoms with Crippen LogP contribution in [0.5, 0.6) is 0 Å².